The summed E-state index contributed by atoms with van der Waals surface area (Å²) in [4.78, 5) is 24.6. The number of esters is 1. The number of phenolic OH excluding ortho intramolecular Hbond substituents is 1. The zero-order valence-electron chi connectivity index (χ0n) is 15.5. The third kappa shape index (κ3) is 4.96. The Labute approximate surface area is 157 Å². The standard InChI is InChI=1S/C20H24O7/c1-11-7-8-16(22)19(24)15(21)6-4-5-13-9-14(26-3)10-17(23)18(13)20(25)27-12(11)2/h4-5,7-12,15,19,21,23-24H,6H2,1-3H3/b5-4+,8-7-/t11-,12?,15+,19+/m1/s1. The summed E-state index contributed by atoms with van der Waals surface area (Å²) in [5.74, 6) is -1.63. The van der Waals surface area contributed by atoms with E-state index in [1.807, 2.05) is 0 Å². The van der Waals surface area contributed by atoms with Gasteiger partial charge in [0, 0.05) is 12.0 Å². The van der Waals surface area contributed by atoms with Crippen LogP contribution in [0.2, 0.25) is 0 Å². The molecule has 0 bridgehead atoms. The normalized spacial score (nSPS) is 29.2. The Morgan fingerprint density at radius 2 is 1.85 bits per heavy atom. The minimum atomic E-state index is -1.56. The molecule has 3 N–H and O–H groups in total. The molecule has 1 aromatic carbocycles. The molecule has 0 amide bonds. The van der Waals surface area contributed by atoms with Crippen LogP contribution < -0.4 is 4.74 Å². The van der Waals surface area contributed by atoms with E-state index in [1.165, 1.54) is 37.5 Å². The number of ether oxygens (including phenoxy) is 2. The lowest BCUT2D eigenvalue weighted by atomic mass is 9.99. The molecule has 1 heterocycles. The van der Waals surface area contributed by atoms with Gasteiger partial charge in [-0.05, 0) is 31.1 Å². The molecule has 4 atom stereocenters. The van der Waals surface area contributed by atoms with E-state index in [2.05, 4.69) is 0 Å². The number of rotatable bonds is 1. The number of aliphatic hydroxyl groups excluding tert-OH is 2. The molecule has 2 rings (SSSR count). The molecule has 1 aliphatic rings. The fourth-order valence-corrected chi connectivity index (χ4v) is 2.58. The molecular weight excluding hydrogens is 352 g/mol. The van der Waals surface area contributed by atoms with E-state index < -0.39 is 30.1 Å². The zero-order chi connectivity index (χ0) is 20.1. The third-order valence-corrected chi connectivity index (χ3v) is 4.49. The molecule has 0 spiro atoms. The highest BCUT2D eigenvalue weighted by molar-refractivity contribution is 5.97. The molecule has 7 heteroatoms. The van der Waals surface area contributed by atoms with E-state index in [1.54, 1.807) is 19.9 Å². The summed E-state index contributed by atoms with van der Waals surface area (Å²) in [6, 6.07) is 2.85. The summed E-state index contributed by atoms with van der Waals surface area (Å²) >= 11 is 0. The number of carbonyl (C=O) groups is 2. The third-order valence-electron chi connectivity index (χ3n) is 4.49. The molecule has 1 aromatic rings. The van der Waals surface area contributed by atoms with E-state index in [-0.39, 0.29) is 23.7 Å². The Balaban J connectivity index is 2.50. The molecule has 0 aromatic heterocycles. The molecule has 1 aliphatic heterocycles. The lowest BCUT2D eigenvalue weighted by Crippen LogP contribution is -2.32. The molecule has 0 aliphatic carbocycles. The summed E-state index contributed by atoms with van der Waals surface area (Å²) in [6.45, 7) is 3.40. The Morgan fingerprint density at radius 1 is 1.15 bits per heavy atom. The predicted molar refractivity (Wildman–Crippen MR) is 98.5 cm³/mol. The van der Waals surface area contributed by atoms with Gasteiger partial charge in [0.25, 0.3) is 0 Å². The van der Waals surface area contributed by atoms with Crippen molar-refractivity contribution < 1.29 is 34.4 Å². The molecule has 1 unspecified atom stereocenters. The molecule has 0 saturated heterocycles. The Hall–Kier alpha value is -2.64. The molecular formula is C20H24O7. The minimum Gasteiger partial charge on any atom is -0.507 e. The predicted octanol–water partition coefficient (Wildman–Crippen LogP) is 1.85. The van der Waals surface area contributed by atoms with Crippen LogP contribution in [-0.4, -0.2) is 52.5 Å². The first kappa shape index (κ1) is 20.7. The zero-order valence-corrected chi connectivity index (χ0v) is 15.5. The van der Waals surface area contributed by atoms with Gasteiger partial charge in [-0.2, -0.15) is 0 Å². The van der Waals surface area contributed by atoms with Crippen LogP contribution in [0.1, 0.15) is 36.2 Å². The van der Waals surface area contributed by atoms with E-state index in [0.717, 1.165) is 0 Å². The van der Waals surface area contributed by atoms with Crippen molar-refractivity contribution in [1.82, 2.24) is 0 Å². The van der Waals surface area contributed by atoms with E-state index in [9.17, 15) is 24.9 Å². The number of ketones is 1. The van der Waals surface area contributed by atoms with Gasteiger partial charge in [0.2, 0.25) is 0 Å². The number of hydrogen-bond acceptors (Lipinski definition) is 7. The number of hydrogen-bond donors (Lipinski definition) is 3. The van der Waals surface area contributed by atoms with Gasteiger partial charge in [-0.15, -0.1) is 0 Å². The van der Waals surface area contributed by atoms with Crippen LogP contribution in [0.4, 0.5) is 0 Å². The summed E-state index contributed by atoms with van der Waals surface area (Å²) in [5.41, 5.74) is 0.301. The number of phenols is 1. The second-order valence-corrected chi connectivity index (χ2v) is 6.49. The molecule has 7 nitrogen and oxygen atoms in total. The van der Waals surface area contributed by atoms with E-state index in [0.29, 0.717) is 11.3 Å². The van der Waals surface area contributed by atoms with Gasteiger partial charge < -0.3 is 24.8 Å². The lowest BCUT2D eigenvalue weighted by molar-refractivity contribution is -0.127. The molecule has 0 fully saturated rings. The average molecular weight is 376 g/mol. The highest BCUT2D eigenvalue weighted by Gasteiger charge is 2.25. The van der Waals surface area contributed by atoms with Crippen molar-refractivity contribution in [1.29, 1.82) is 0 Å². The van der Waals surface area contributed by atoms with Crippen LogP contribution in [0.25, 0.3) is 6.08 Å². The van der Waals surface area contributed by atoms with Crippen molar-refractivity contribution in [3.8, 4) is 11.5 Å². The van der Waals surface area contributed by atoms with E-state index >= 15 is 0 Å². The number of fused-ring (bicyclic) bond motifs is 1. The van der Waals surface area contributed by atoms with Crippen LogP contribution in [0.3, 0.4) is 0 Å². The fourth-order valence-electron chi connectivity index (χ4n) is 2.58. The Bertz CT molecular complexity index is 766. The second-order valence-electron chi connectivity index (χ2n) is 6.49. The molecule has 0 radical (unpaired) electrons. The molecule has 146 valence electrons. The highest BCUT2D eigenvalue weighted by atomic mass is 16.5. The Morgan fingerprint density at radius 3 is 2.52 bits per heavy atom. The van der Waals surface area contributed by atoms with Crippen molar-refractivity contribution >= 4 is 17.8 Å². The first-order valence-electron chi connectivity index (χ1n) is 8.61. The smallest absolute Gasteiger partial charge is 0.342 e. The van der Waals surface area contributed by atoms with Crippen molar-refractivity contribution in [2.75, 3.05) is 7.11 Å². The van der Waals surface area contributed by atoms with Crippen LogP contribution in [-0.2, 0) is 9.53 Å². The summed E-state index contributed by atoms with van der Waals surface area (Å²) < 4.78 is 10.5. The maximum absolute atomic E-state index is 12.6. The minimum absolute atomic E-state index is 0.0286. The van der Waals surface area contributed by atoms with Crippen molar-refractivity contribution in [3.05, 3.63) is 41.5 Å². The maximum atomic E-state index is 12.6. The van der Waals surface area contributed by atoms with Crippen molar-refractivity contribution in [2.45, 2.75) is 38.6 Å². The van der Waals surface area contributed by atoms with Gasteiger partial charge in [0.1, 0.15) is 29.3 Å². The van der Waals surface area contributed by atoms with Gasteiger partial charge in [-0.25, -0.2) is 4.79 Å². The number of benzene rings is 1. The highest BCUT2D eigenvalue weighted by Crippen LogP contribution is 2.30. The average Bonchev–Trinajstić information content (AvgIpc) is 2.63. The number of aromatic hydroxyl groups is 1. The maximum Gasteiger partial charge on any atom is 0.342 e. The first-order chi connectivity index (χ1) is 12.7. The second kappa shape index (κ2) is 8.83. The van der Waals surface area contributed by atoms with Gasteiger partial charge >= 0.3 is 5.97 Å². The van der Waals surface area contributed by atoms with Crippen LogP contribution in [0.15, 0.2) is 30.4 Å². The van der Waals surface area contributed by atoms with Crippen LogP contribution in [0, 0.1) is 5.92 Å². The number of methoxy groups -OCH3 is 1. The molecule has 27 heavy (non-hydrogen) atoms. The van der Waals surface area contributed by atoms with Gasteiger partial charge in [-0.3, -0.25) is 4.79 Å². The van der Waals surface area contributed by atoms with E-state index in [4.69, 9.17) is 9.47 Å². The number of carbonyl (C=O) groups excluding carboxylic acids is 2. The summed E-state index contributed by atoms with van der Waals surface area (Å²) in [6.07, 6.45) is 2.19. The van der Waals surface area contributed by atoms with Crippen LogP contribution >= 0.6 is 0 Å². The monoisotopic (exact) mass is 376 g/mol. The largest absolute Gasteiger partial charge is 0.507 e. The van der Waals surface area contributed by atoms with Crippen molar-refractivity contribution in [3.63, 3.8) is 0 Å². The van der Waals surface area contributed by atoms with Crippen LogP contribution in [0.5, 0.6) is 11.5 Å². The SMILES string of the molecule is COc1cc(O)c2c(c1)/C=C/C[C@H](O)[C@H](O)C(=O)/C=C\[C@@H](C)C(C)OC2=O. The summed E-state index contributed by atoms with van der Waals surface area (Å²) in [7, 11) is 1.42. The fraction of sp³-hybridized carbons (Fsp3) is 0.400. The lowest BCUT2D eigenvalue weighted by Gasteiger charge is -2.20. The van der Waals surface area contributed by atoms with Gasteiger partial charge in [-0.1, -0.05) is 25.2 Å². The summed E-state index contributed by atoms with van der Waals surface area (Å²) in [5, 5.41) is 30.2. The van der Waals surface area contributed by atoms with Crippen molar-refractivity contribution in [2.24, 2.45) is 5.92 Å². The topological polar surface area (TPSA) is 113 Å². The first-order valence-corrected chi connectivity index (χ1v) is 8.61. The number of cyclic esters (lactones) is 1. The number of aliphatic hydroxyl groups is 2. The Kier molecular flexibility index (Phi) is 6.76. The molecule has 0 saturated carbocycles. The quantitative estimate of drug-likeness (QED) is 0.641. The van der Waals surface area contributed by atoms with Gasteiger partial charge in [0.15, 0.2) is 5.78 Å². The van der Waals surface area contributed by atoms with Gasteiger partial charge in [0.05, 0.1) is 13.2 Å².